The molecule has 2 aliphatic carbocycles. The van der Waals surface area contributed by atoms with Gasteiger partial charge in [-0.25, -0.2) is 18.8 Å². The molecule has 10 nitrogen and oxygen atoms in total. The number of halogens is 2. The van der Waals surface area contributed by atoms with Gasteiger partial charge in [0.2, 0.25) is 5.79 Å². The molecule has 3 unspecified atom stereocenters. The van der Waals surface area contributed by atoms with E-state index in [-0.39, 0.29) is 36.8 Å². The zero-order valence-electron chi connectivity index (χ0n) is 21.9. The Morgan fingerprint density at radius 3 is 2.92 bits per heavy atom. The highest BCUT2D eigenvalue weighted by molar-refractivity contribution is 7.99. The van der Waals surface area contributed by atoms with Gasteiger partial charge >= 0.3 is 0 Å². The summed E-state index contributed by atoms with van der Waals surface area (Å²) in [5.74, 6) is 0.288. The number of thioether (sulfide) groups is 1. The average molecular weight is 563 g/mol. The summed E-state index contributed by atoms with van der Waals surface area (Å²) in [4.78, 5) is 4.91. The van der Waals surface area contributed by atoms with Gasteiger partial charge in [0.1, 0.15) is 30.1 Å². The standard InChI is InChI=1S/C26H32F2N6O4S/c1-4-9-39-25-30-23(29-17-11-14(17)13-5-6-15(27)16(28)10-13)20-24(31-25)34(33-32-20)18-12-19(36-8-7-35)22-21(18)37-26(2,3)38-22/h5-6,10,12,14,17,20,22,24-25,31,35H,4,7-9,11H2,1-3H3,(H,29,30)/t14-,17+,20?,22+,24?,25?/m0/s1. The summed E-state index contributed by atoms with van der Waals surface area (Å²) in [7, 11) is 0. The third-order valence-corrected chi connectivity index (χ3v) is 8.25. The van der Waals surface area contributed by atoms with Gasteiger partial charge in [-0.05, 0) is 36.3 Å². The number of hydrogen-bond donors (Lipinski definition) is 3. The summed E-state index contributed by atoms with van der Waals surface area (Å²) in [5.41, 5.74) is 1.21. The minimum Gasteiger partial charge on any atom is -0.492 e. The van der Waals surface area contributed by atoms with E-state index in [1.54, 1.807) is 22.8 Å². The zero-order chi connectivity index (χ0) is 27.3. The monoisotopic (exact) mass is 562 g/mol. The van der Waals surface area contributed by atoms with Crippen LogP contribution in [0.1, 0.15) is 45.1 Å². The molecular weight excluding hydrogens is 530 g/mol. The molecule has 1 aromatic carbocycles. The van der Waals surface area contributed by atoms with E-state index in [2.05, 4.69) is 27.9 Å². The maximum Gasteiger partial charge on any atom is 0.205 e. The fourth-order valence-corrected chi connectivity index (χ4v) is 6.08. The molecule has 1 saturated carbocycles. The van der Waals surface area contributed by atoms with Crippen molar-refractivity contribution in [3.05, 3.63) is 58.7 Å². The van der Waals surface area contributed by atoms with E-state index >= 15 is 0 Å². The lowest BCUT2D eigenvalue weighted by Gasteiger charge is -2.34. The minimum absolute atomic E-state index is 0.0390. The first kappa shape index (κ1) is 26.5. The van der Waals surface area contributed by atoms with Crippen LogP contribution in [0.2, 0.25) is 0 Å². The molecular formula is C26H32F2N6O4S. The molecule has 0 bridgehead atoms. The molecule has 6 atom stereocenters. The predicted octanol–water partition coefficient (Wildman–Crippen LogP) is 3.49. The van der Waals surface area contributed by atoms with Crippen molar-refractivity contribution in [3.8, 4) is 0 Å². The van der Waals surface area contributed by atoms with Crippen molar-refractivity contribution in [1.82, 2.24) is 15.6 Å². The minimum atomic E-state index is -0.849. The summed E-state index contributed by atoms with van der Waals surface area (Å²) < 4.78 is 45.2. The Morgan fingerprint density at radius 2 is 2.15 bits per heavy atom. The molecule has 3 N–H and O–H groups in total. The lowest BCUT2D eigenvalue weighted by molar-refractivity contribution is -0.134. The van der Waals surface area contributed by atoms with Gasteiger partial charge in [0.05, 0.1) is 6.61 Å². The van der Waals surface area contributed by atoms with Crippen molar-refractivity contribution in [3.63, 3.8) is 0 Å². The SMILES string of the molecule is CCCSC1N=C(N[C@@H]2C[C@H]2c2ccc(F)c(F)c2)C2N=NN(C3=C4OC(C)(C)O[C@@H]4C(OCCO)=C3)C2N1. The van der Waals surface area contributed by atoms with Crippen LogP contribution in [0.3, 0.4) is 0 Å². The second kappa shape index (κ2) is 10.3. The first-order valence-corrected chi connectivity index (χ1v) is 14.3. The number of aliphatic hydroxyl groups excluding tert-OH is 1. The Morgan fingerprint density at radius 1 is 1.31 bits per heavy atom. The summed E-state index contributed by atoms with van der Waals surface area (Å²) in [6, 6.07) is 3.70. The average Bonchev–Trinajstić information content (AvgIpc) is 3.24. The Bertz CT molecular complexity index is 1260. The lowest BCUT2D eigenvalue weighted by atomic mass is 10.1. The highest BCUT2D eigenvalue weighted by atomic mass is 32.2. The highest BCUT2D eigenvalue weighted by Crippen LogP contribution is 2.45. The molecule has 0 aromatic heterocycles. The molecule has 0 spiro atoms. The number of benzene rings is 1. The van der Waals surface area contributed by atoms with E-state index in [4.69, 9.17) is 19.2 Å². The number of amidine groups is 1. The van der Waals surface area contributed by atoms with E-state index < -0.39 is 29.6 Å². The third-order valence-electron chi connectivity index (χ3n) is 7.05. The van der Waals surface area contributed by atoms with Gasteiger partial charge in [0.15, 0.2) is 35.0 Å². The van der Waals surface area contributed by atoms with E-state index in [1.165, 1.54) is 12.1 Å². The number of allylic oxidation sites excluding steroid dienone is 1. The maximum absolute atomic E-state index is 13.8. The number of fused-ring (bicyclic) bond motifs is 2. The number of nitrogens with zero attached hydrogens (tertiary/aromatic N) is 4. The molecule has 0 amide bonds. The van der Waals surface area contributed by atoms with Crippen molar-refractivity contribution in [2.75, 3.05) is 19.0 Å². The number of ether oxygens (including phenoxy) is 3. The normalized spacial score (nSPS) is 32.0. The number of nitrogens with one attached hydrogen (secondary N) is 2. The Labute approximate surface area is 229 Å². The summed E-state index contributed by atoms with van der Waals surface area (Å²) in [5, 5.41) is 27.2. The molecule has 0 radical (unpaired) electrons. The maximum atomic E-state index is 13.8. The Hall–Kier alpha value is -2.74. The van der Waals surface area contributed by atoms with Crippen LogP contribution in [0.25, 0.3) is 0 Å². The molecule has 1 saturated heterocycles. The van der Waals surface area contributed by atoms with E-state index in [1.807, 2.05) is 19.9 Å². The number of hydrogen-bond acceptors (Lipinski definition) is 11. The molecule has 210 valence electrons. The van der Waals surface area contributed by atoms with Crippen molar-refractivity contribution < 1.29 is 28.1 Å². The molecule has 6 rings (SSSR count). The fourth-order valence-electron chi connectivity index (χ4n) is 5.20. The van der Waals surface area contributed by atoms with Crippen LogP contribution in [0.15, 0.2) is 56.8 Å². The van der Waals surface area contributed by atoms with Gasteiger partial charge in [-0.3, -0.25) is 5.32 Å². The largest absolute Gasteiger partial charge is 0.492 e. The summed E-state index contributed by atoms with van der Waals surface area (Å²) in [6.07, 6.45) is 2.73. The first-order chi connectivity index (χ1) is 18.8. The quantitative estimate of drug-likeness (QED) is 0.420. The Balaban J connectivity index is 1.24. The van der Waals surface area contributed by atoms with Gasteiger partial charge in [0.25, 0.3) is 0 Å². The smallest absolute Gasteiger partial charge is 0.205 e. The summed E-state index contributed by atoms with van der Waals surface area (Å²) in [6.45, 7) is 5.79. The second-order valence-electron chi connectivity index (χ2n) is 10.5. The predicted molar refractivity (Wildman–Crippen MR) is 140 cm³/mol. The molecule has 2 fully saturated rings. The summed E-state index contributed by atoms with van der Waals surface area (Å²) >= 11 is 1.69. The van der Waals surface area contributed by atoms with Crippen molar-refractivity contribution in [1.29, 1.82) is 0 Å². The Kier molecular flexibility index (Phi) is 7.02. The lowest BCUT2D eigenvalue weighted by Crippen LogP contribution is -2.58. The van der Waals surface area contributed by atoms with Crippen LogP contribution >= 0.6 is 11.8 Å². The fraction of sp³-hybridized carbons (Fsp3) is 0.577. The number of aliphatic hydroxyl groups is 1. The van der Waals surface area contributed by atoms with Crippen LogP contribution in [0.5, 0.6) is 0 Å². The van der Waals surface area contributed by atoms with Crippen LogP contribution in [-0.2, 0) is 14.2 Å². The van der Waals surface area contributed by atoms with Crippen LogP contribution in [-0.4, -0.2) is 70.6 Å². The molecule has 1 aromatic rings. The van der Waals surface area contributed by atoms with Gasteiger partial charge in [-0.1, -0.05) is 18.2 Å². The van der Waals surface area contributed by atoms with Crippen LogP contribution in [0.4, 0.5) is 8.78 Å². The first-order valence-electron chi connectivity index (χ1n) is 13.2. The molecule has 39 heavy (non-hydrogen) atoms. The highest BCUT2D eigenvalue weighted by Gasteiger charge is 2.51. The van der Waals surface area contributed by atoms with E-state index in [0.717, 1.165) is 24.2 Å². The molecule has 5 aliphatic rings. The van der Waals surface area contributed by atoms with Gasteiger partial charge in [-0.2, -0.15) is 5.11 Å². The van der Waals surface area contributed by atoms with E-state index in [0.29, 0.717) is 23.1 Å². The number of rotatable bonds is 9. The number of aliphatic imine (C=N–C) groups is 1. The van der Waals surface area contributed by atoms with Gasteiger partial charge < -0.3 is 24.6 Å². The third kappa shape index (κ3) is 5.12. The second-order valence-corrected chi connectivity index (χ2v) is 11.7. The van der Waals surface area contributed by atoms with Crippen molar-refractivity contribution in [2.45, 2.75) is 75.2 Å². The molecule has 3 aliphatic heterocycles. The van der Waals surface area contributed by atoms with E-state index in [9.17, 15) is 13.9 Å². The topological polar surface area (TPSA) is 112 Å². The van der Waals surface area contributed by atoms with Crippen LogP contribution < -0.4 is 10.6 Å². The molecule has 13 heteroatoms. The van der Waals surface area contributed by atoms with Crippen molar-refractivity contribution >= 4 is 17.6 Å². The van der Waals surface area contributed by atoms with Gasteiger partial charge in [-0.15, -0.1) is 11.8 Å². The van der Waals surface area contributed by atoms with Crippen molar-refractivity contribution in [2.24, 2.45) is 15.3 Å². The zero-order valence-corrected chi connectivity index (χ0v) is 22.8. The molecule has 3 heterocycles. The van der Waals surface area contributed by atoms with Gasteiger partial charge in [0, 0.05) is 31.9 Å². The van der Waals surface area contributed by atoms with Crippen LogP contribution in [0, 0.1) is 11.6 Å².